The Labute approximate surface area is 108 Å². The van der Waals surface area contributed by atoms with Gasteiger partial charge in [-0.25, -0.2) is 0 Å². The molecule has 0 unspecified atom stereocenters. The maximum Gasteiger partial charge on any atom is 0.132 e. The lowest BCUT2D eigenvalue weighted by molar-refractivity contribution is -0.120. The van der Waals surface area contributed by atoms with Crippen molar-refractivity contribution in [1.82, 2.24) is 0 Å². The van der Waals surface area contributed by atoms with Crippen LogP contribution in [0.15, 0.2) is 17.0 Å². The summed E-state index contributed by atoms with van der Waals surface area (Å²) in [6, 6.07) is 4.51. The number of carbonyl (C=O) groups is 1. The highest BCUT2D eigenvalue weighted by atomic mass is 32.2. The molecule has 2 heteroatoms. The predicted molar refractivity (Wildman–Crippen MR) is 73.8 cm³/mol. The van der Waals surface area contributed by atoms with Crippen LogP contribution >= 0.6 is 11.8 Å². The van der Waals surface area contributed by atoms with E-state index in [0.717, 1.165) is 25.7 Å². The SMILES string of the molecule is Cc1cc(C)c(SC2CCC(=O)CC2)c(C)c1. The number of hydrogen-bond donors (Lipinski definition) is 0. The third-order valence-electron chi connectivity index (χ3n) is 3.38. The Bertz CT molecular complexity index is 404. The van der Waals surface area contributed by atoms with Gasteiger partial charge in [-0.15, -0.1) is 11.8 Å². The lowest BCUT2D eigenvalue weighted by atomic mass is 9.99. The van der Waals surface area contributed by atoms with E-state index in [9.17, 15) is 4.79 Å². The maximum atomic E-state index is 11.2. The van der Waals surface area contributed by atoms with Crippen LogP contribution in [0.3, 0.4) is 0 Å². The molecule has 0 atom stereocenters. The Morgan fingerprint density at radius 3 is 2.12 bits per heavy atom. The molecule has 1 aliphatic carbocycles. The lowest BCUT2D eigenvalue weighted by Crippen LogP contribution is -2.15. The highest BCUT2D eigenvalue weighted by molar-refractivity contribution is 8.00. The first-order chi connectivity index (χ1) is 8.06. The summed E-state index contributed by atoms with van der Waals surface area (Å²) in [6.45, 7) is 6.53. The summed E-state index contributed by atoms with van der Waals surface area (Å²) in [5.41, 5.74) is 4.09. The molecule has 1 aromatic carbocycles. The predicted octanol–water partition coefficient (Wildman–Crippen LogP) is 4.22. The van der Waals surface area contributed by atoms with E-state index in [1.165, 1.54) is 21.6 Å². The number of carbonyl (C=O) groups excluding carboxylic acids is 1. The molecule has 0 spiro atoms. The molecule has 1 aromatic rings. The van der Waals surface area contributed by atoms with Gasteiger partial charge in [0.15, 0.2) is 0 Å². The van der Waals surface area contributed by atoms with Crippen molar-refractivity contribution in [3.05, 3.63) is 28.8 Å². The summed E-state index contributed by atoms with van der Waals surface area (Å²) >= 11 is 1.98. The molecule has 0 radical (unpaired) electrons. The summed E-state index contributed by atoms with van der Waals surface area (Å²) in [5.74, 6) is 0.444. The molecule has 92 valence electrons. The molecule has 17 heavy (non-hydrogen) atoms. The van der Waals surface area contributed by atoms with Crippen molar-refractivity contribution >= 4 is 17.5 Å². The van der Waals surface area contributed by atoms with Crippen molar-refractivity contribution in [3.63, 3.8) is 0 Å². The molecular weight excluding hydrogens is 228 g/mol. The van der Waals surface area contributed by atoms with Crippen LogP contribution in [0.2, 0.25) is 0 Å². The topological polar surface area (TPSA) is 17.1 Å². The Balaban J connectivity index is 2.11. The van der Waals surface area contributed by atoms with Gasteiger partial charge in [0.1, 0.15) is 5.78 Å². The van der Waals surface area contributed by atoms with E-state index in [1.807, 2.05) is 11.8 Å². The Morgan fingerprint density at radius 2 is 1.59 bits per heavy atom. The minimum atomic E-state index is 0.444. The fourth-order valence-electron chi connectivity index (χ4n) is 2.55. The van der Waals surface area contributed by atoms with Gasteiger partial charge < -0.3 is 0 Å². The monoisotopic (exact) mass is 248 g/mol. The molecule has 0 aliphatic heterocycles. The molecule has 0 N–H and O–H groups in total. The number of Topliss-reactive ketones (excluding diaryl/α,β-unsaturated/α-hetero) is 1. The minimum Gasteiger partial charge on any atom is -0.300 e. The first kappa shape index (κ1) is 12.7. The molecule has 0 aromatic heterocycles. The van der Waals surface area contributed by atoms with Crippen LogP contribution in [0.5, 0.6) is 0 Å². The van der Waals surface area contributed by atoms with Crippen molar-refractivity contribution in [3.8, 4) is 0 Å². The van der Waals surface area contributed by atoms with E-state index in [2.05, 4.69) is 32.9 Å². The maximum absolute atomic E-state index is 11.2. The fourth-order valence-corrected chi connectivity index (χ4v) is 3.84. The molecule has 1 fully saturated rings. The van der Waals surface area contributed by atoms with E-state index >= 15 is 0 Å². The van der Waals surface area contributed by atoms with Crippen LogP contribution in [0.1, 0.15) is 42.4 Å². The van der Waals surface area contributed by atoms with E-state index in [0.29, 0.717) is 11.0 Å². The second-order valence-corrected chi connectivity index (χ2v) is 6.39. The normalized spacial score (nSPS) is 17.5. The van der Waals surface area contributed by atoms with Gasteiger partial charge in [-0.2, -0.15) is 0 Å². The number of thioether (sulfide) groups is 1. The Kier molecular flexibility index (Phi) is 3.93. The van der Waals surface area contributed by atoms with Crippen molar-refractivity contribution in [2.75, 3.05) is 0 Å². The second-order valence-electron chi connectivity index (χ2n) is 5.08. The molecular formula is C15H20OS. The van der Waals surface area contributed by atoms with Gasteiger partial charge in [-0.05, 0) is 44.7 Å². The van der Waals surface area contributed by atoms with Gasteiger partial charge in [-0.3, -0.25) is 4.79 Å². The van der Waals surface area contributed by atoms with E-state index in [4.69, 9.17) is 0 Å². The number of hydrogen-bond acceptors (Lipinski definition) is 2. The smallest absolute Gasteiger partial charge is 0.132 e. The first-order valence-electron chi connectivity index (χ1n) is 6.32. The van der Waals surface area contributed by atoms with Gasteiger partial charge >= 0.3 is 0 Å². The summed E-state index contributed by atoms with van der Waals surface area (Å²) < 4.78 is 0. The van der Waals surface area contributed by atoms with Gasteiger partial charge in [-0.1, -0.05) is 17.7 Å². The van der Waals surface area contributed by atoms with Crippen LogP contribution in [0.25, 0.3) is 0 Å². The average molecular weight is 248 g/mol. The standard InChI is InChI=1S/C15H20OS/c1-10-8-11(2)15(12(3)9-10)17-14-6-4-13(16)5-7-14/h8-9,14H,4-7H2,1-3H3. The van der Waals surface area contributed by atoms with Crippen LogP contribution in [-0.4, -0.2) is 11.0 Å². The molecule has 1 nitrogen and oxygen atoms in total. The summed E-state index contributed by atoms with van der Waals surface area (Å²) in [5, 5.41) is 0.632. The number of ketones is 1. The average Bonchev–Trinajstić information content (AvgIpc) is 2.26. The Hall–Kier alpha value is -0.760. The molecule has 0 amide bonds. The quantitative estimate of drug-likeness (QED) is 0.779. The van der Waals surface area contributed by atoms with Crippen LogP contribution < -0.4 is 0 Å². The van der Waals surface area contributed by atoms with Gasteiger partial charge in [0, 0.05) is 23.0 Å². The minimum absolute atomic E-state index is 0.444. The molecule has 0 saturated heterocycles. The van der Waals surface area contributed by atoms with Gasteiger partial charge in [0.2, 0.25) is 0 Å². The van der Waals surface area contributed by atoms with Crippen LogP contribution in [0.4, 0.5) is 0 Å². The molecule has 0 heterocycles. The van der Waals surface area contributed by atoms with E-state index in [1.54, 1.807) is 0 Å². The van der Waals surface area contributed by atoms with Crippen LogP contribution in [-0.2, 0) is 4.79 Å². The third kappa shape index (κ3) is 3.12. The Morgan fingerprint density at radius 1 is 1.06 bits per heavy atom. The molecule has 1 aliphatic rings. The van der Waals surface area contributed by atoms with Crippen molar-refractivity contribution in [1.29, 1.82) is 0 Å². The largest absolute Gasteiger partial charge is 0.300 e. The molecule has 0 bridgehead atoms. The molecule has 2 rings (SSSR count). The third-order valence-corrected chi connectivity index (χ3v) is 5.06. The first-order valence-corrected chi connectivity index (χ1v) is 7.20. The summed E-state index contributed by atoms with van der Waals surface area (Å²) in [6.07, 6.45) is 3.66. The number of rotatable bonds is 2. The van der Waals surface area contributed by atoms with Gasteiger partial charge in [0.05, 0.1) is 0 Å². The van der Waals surface area contributed by atoms with Crippen molar-refractivity contribution < 1.29 is 4.79 Å². The fraction of sp³-hybridized carbons (Fsp3) is 0.533. The number of benzene rings is 1. The van der Waals surface area contributed by atoms with E-state index in [-0.39, 0.29) is 0 Å². The van der Waals surface area contributed by atoms with Crippen molar-refractivity contribution in [2.24, 2.45) is 0 Å². The zero-order valence-corrected chi connectivity index (χ0v) is 11.7. The second kappa shape index (κ2) is 5.26. The van der Waals surface area contributed by atoms with Crippen LogP contribution in [0, 0.1) is 20.8 Å². The van der Waals surface area contributed by atoms with Crippen molar-refractivity contribution in [2.45, 2.75) is 56.6 Å². The lowest BCUT2D eigenvalue weighted by Gasteiger charge is -2.22. The zero-order valence-electron chi connectivity index (χ0n) is 10.9. The zero-order chi connectivity index (χ0) is 12.4. The highest BCUT2D eigenvalue weighted by Gasteiger charge is 2.20. The van der Waals surface area contributed by atoms with Gasteiger partial charge in [0.25, 0.3) is 0 Å². The molecule has 1 saturated carbocycles. The number of aryl methyl sites for hydroxylation is 3. The summed E-state index contributed by atoms with van der Waals surface area (Å²) in [4.78, 5) is 12.7. The highest BCUT2D eigenvalue weighted by Crippen LogP contribution is 2.36. The summed E-state index contributed by atoms with van der Waals surface area (Å²) in [7, 11) is 0. The van der Waals surface area contributed by atoms with E-state index < -0.39 is 0 Å².